The number of imide groups is 1. The minimum absolute atomic E-state index is 0.0270. The van der Waals surface area contributed by atoms with E-state index in [-0.39, 0.29) is 24.3 Å². The molecule has 5 rings (SSSR count). The number of hydrogen-bond acceptors (Lipinski definition) is 5. The van der Waals surface area contributed by atoms with Crippen LogP contribution in [0.15, 0.2) is 42.5 Å². The zero-order chi connectivity index (χ0) is 22.1. The molecule has 2 aromatic rings. The Morgan fingerprint density at radius 2 is 1.50 bits per heavy atom. The molecule has 0 bridgehead atoms. The van der Waals surface area contributed by atoms with Crippen LogP contribution >= 0.6 is 0 Å². The Balaban J connectivity index is 1.14. The van der Waals surface area contributed by atoms with Crippen molar-refractivity contribution in [3.05, 3.63) is 64.7 Å². The molecule has 0 aliphatic carbocycles. The number of likely N-dealkylation sites (tertiary alicyclic amines) is 1. The van der Waals surface area contributed by atoms with E-state index in [1.54, 1.807) is 12.1 Å². The molecular weight excluding hydrogens is 406 g/mol. The Morgan fingerprint density at radius 1 is 0.812 bits per heavy atom. The van der Waals surface area contributed by atoms with Gasteiger partial charge in [-0.1, -0.05) is 24.3 Å². The Morgan fingerprint density at radius 3 is 2.22 bits per heavy atom. The Bertz CT molecular complexity index is 1030. The van der Waals surface area contributed by atoms with Gasteiger partial charge in [0, 0.05) is 57.5 Å². The number of benzene rings is 2. The molecule has 32 heavy (non-hydrogen) atoms. The van der Waals surface area contributed by atoms with Gasteiger partial charge in [-0.15, -0.1) is 0 Å². The summed E-state index contributed by atoms with van der Waals surface area (Å²) < 4.78 is 5.59. The molecule has 3 heterocycles. The molecule has 3 amide bonds. The molecule has 0 unspecified atom stereocenters. The molecule has 2 fully saturated rings. The summed E-state index contributed by atoms with van der Waals surface area (Å²) in [7, 11) is 0. The number of fused-ring (bicyclic) bond motifs is 1. The highest BCUT2D eigenvalue weighted by Crippen LogP contribution is 2.26. The van der Waals surface area contributed by atoms with Crippen molar-refractivity contribution in [3.8, 4) is 5.75 Å². The van der Waals surface area contributed by atoms with Gasteiger partial charge in [0.1, 0.15) is 5.75 Å². The summed E-state index contributed by atoms with van der Waals surface area (Å²) in [6, 6.07) is 13.7. The van der Waals surface area contributed by atoms with Crippen molar-refractivity contribution < 1.29 is 19.1 Å². The van der Waals surface area contributed by atoms with Crippen molar-refractivity contribution in [1.29, 1.82) is 0 Å². The van der Waals surface area contributed by atoms with Crippen LogP contribution in [0.2, 0.25) is 0 Å². The van der Waals surface area contributed by atoms with Crippen LogP contribution in [-0.4, -0.2) is 65.2 Å². The van der Waals surface area contributed by atoms with E-state index in [4.69, 9.17) is 4.74 Å². The predicted octanol–water partition coefficient (Wildman–Crippen LogP) is 2.23. The second kappa shape index (κ2) is 8.74. The number of carbonyl (C=O) groups is 3. The standard InChI is InChI=1S/C25H27N3O4/c29-23-7-8-24(30)28(23)17-18-1-4-20(5-2-18)25(31)27-12-10-26(11-13-27)16-19-3-6-22-21(15-19)9-14-32-22/h1-6,15H,7-14,16-17H2. The maximum absolute atomic E-state index is 12.9. The highest BCUT2D eigenvalue weighted by Gasteiger charge is 2.29. The number of ether oxygens (including phenoxy) is 1. The van der Waals surface area contributed by atoms with Crippen LogP contribution in [0.3, 0.4) is 0 Å². The monoisotopic (exact) mass is 433 g/mol. The third kappa shape index (κ3) is 4.25. The lowest BCUT2D eigenvalue weighted by molar-refractivity contribution is -0.139. The zero-order valence-electron chi connectivity index (χ0n) is 18.1. The van der Waals surface area contributed by atoms with Gasteiger partial charge in [0.15, 0.2) is 0 Å². The zero-order valence-corrected chi connectivity index (χ0v) is 18.1. The molecule has 3 aliphatic heterocycles. The van der Waals surface area contributed by atoms with E-state index in [0.717, 1.165) is 44.0 Å². The van der Waals surface area contributed by atoms with E-state index in [1.807, 2.05) is 17.0 Å². The topological polar surface area (TPSA) is 70.2 Å². The summed E-state index contributed by atoms with van der Waals surface area (Å²) in [4.78, 5) is 42.1. The molecule has 0 atom stereocenters. The van der Waals surface area contributed by atoms with Gasteiger partial charge < -0.3 is 9.64 Å². The normalized spacial score (nSPS) is 18.8. The largest absolute Gasteiger partial charge is 0.493 e. The van der Waals surface area contributed by atoms with Crippen LogP contribution in [-0.2, 0) is 29.1 Å². The van der Waals surface area contributed by atoms with Gasteiger partial charge in [-0.25, -0.2) is 0 Å². The Labute approximate surface area is 187 Å². The lowest BCUT2D eigenvalue weighted by atomic mass is 10.1. The number of nitrogens with zero attached hydrogens (tertiary/aromatic N) is 3. The molecule has 166 valence electrons. The summed E-state index contributed by atoms with van der Waals surface area (Å²) in [5.74, 6) is 0.788. The van der Waals surface area contributed by atoms with Crippen LogP contribution in [0, 0.1) is 0 Å². The average Bonchev–Trinajstić information content (AvgIpc) is 3.41. The molecule has 7 nitrogen and oxygen atoms in total. The van der Waals surface area contributed by atoms with Crippen molar-refractivity contribution in [3.63, 3.8) is 0 Å². The molecule has 0 aromatic heterocycles. The Kier molecular flexibility index (Phi) is 5.66. The fourth-order valence-corrected chi connectivity index (χ4v) is 4.62. The summed E-state index contributed by atoms with van der Waals surface area (Å²) >= 11 is 0. The van der Waals surface area contributed by atoms with Crippen molar-refractivity contribution in [2.75, 3.05) is 32.8 Å². The number of rotatable bonds is 5. The van der Waals surface area contributed by atoms with E-state index >= 15 is 0 Å². The molecule has 2 saturated heterocycles. The summed E-state index contributed by atoms with van der Waals surface area (Å²) in [6.07, 6.45) is 1.57. The van der Waals surface area contributed by atoms with Crippen molar-refractivity contribution in [1.82, 2.24) is 14.7 Å². The average molecular weight is 434 g/mol. The minimum Gasteiger partial charge on any atom is -0.493 e. The third-order valence-corrected chi connectivity index (χ3v) is 6.52. The summed E-state index contributed by atoms with van der Waals surface area (Å²) in [5.41, 5.74) is 4.08. The molecule has 3 aliphatic rings. The highest BCUT2D eigenvalue weighted by atomic mass is 16.5. The third-order valence-electron chi connectivity index (χ3n) is 6.52. The Hall–Kier alpha value is -3.19. The number of piperazine rings is 1. The molecule has 7 heteroatoms. The van der Waals surface area contributed by atoms with Gasteiger partial charge in [0.05, 0.1) is 13.2 Å². The number of amides is 3. The van der Waals surface area contributed by atoms with E-state index in [1.165, 1.54) is 16.0 Å². The quantitative estimate of drug-likeness (QED) is 0.677. The van der Waals surface area contributed by atoms with E-state index in [2.05, 4.69) is 23.1 Å². The lowest BCUT2D eigenvalue weighted by Crippen LogP contribution is -2.48. The fourth-order valence-electron chi connectivity index (χ4n) is 4.62. The highest BCUT2D eigenvalue weighted by molar-refractivity contribution is 6.01. The second-order valence-corrected chi connectivity index (χ2v) is 8.68. The first-order valence-electron chi connectivity index (χ1n) is 11.3. The van der Waals surface area contributed by atoms with Crippen LogP contribution in [0.5, 0.6) is 5.75 Å². The maximum Gasteiger partial charge on any atom is 0.253 e. The SMILES string of the molecule is O=C(c1ccc(CN2C(=O)CCC2=O)cc1)N1CCN(Cc2ccc3c(c2)CCO3)CC1. The van der Waals surface area contributed by atoms with Crippen molar-refractivity contribution in [2.45, 2.75) is 32.4 Å². The van der Waals surface area contributed by atoms with E-state index < -0.39 is 0 Å². The molecule has 2 aromatic carbocycles. The summed E-state index contributed by atoms with van der Waals surface area (Å²) in [5, 5.41) is 0. The van der Waals surface area contributed by atoms with Crippen LogP contribution in [0.4, 0.5) is 0 Å². The first kappa shape index (κ1) is 20.7. The van der Waals surface area contributed by atoms with E-state index in [9.17, 15) is 14.4 Å². The van der Waals surface area contributed by atoms with Gasteiger partial charge in [0.2, 0.25) is 11.8 Å². The van der Waals surface area contributed by atoms with Gasteiger partial charge >= 0.3 is 0 Å². The fraction of sp³-hybridized carbons (Fsp3) is 0.400. The van der Waals surface area contributed by atoms with Crippen LogP contribution in [0.1, 0.15) is 39.9 Å². The van der Waals surface area contributed by atoms with Crippen molar-refractivity contribution in [2.24, 2.45) is 0 Å². The first-order valence-corrected chi connectivity index (χ1v) is 11.3. The maximum atomic E-state index is 12.9. The first-order chi connectivity index (χ1) is 15.6. The van der Waals surface area contributed by atoms with Crippen LogP contribution < -0.4 is 4.74 Å². The van der Waals surface area contributed by atoms with Crippen LogP contribution in [0.25, 0.3) is 0 Å². The van der Waals surface area contributed by atoms with Crippen molar-refractivity contribution >= 4 is 17.7 Å². The lowest BCUT2D eigenvalue weighted by Gasteiger charge is -2.35. The molecule has 0 saturated carbocycles. The minimum atomic E-state index is -0.124. The van der Waals surface area contributed by atoms with Gasteiger partial charge in [-0.3, -0.25) is 24.2 Å². The molecular formula is C25H27N3O4. The smallest absolute Gasteiger partial charge is 0.253 e. The second-order valence-electron chi connectivity index (χ2n) is 8.68. The molecule has 0 N–H and O–H groups in total. The van der Waals surface area contributed by atoms with Gasteiger partial charge in [-0.05, 0) is 34.9 Å². The number of hydrogen-bond donors (Lipinski definition) is 0. The van der Waals surface area contributed by atoms with Gasteiger partial charge in [0.25, 0.3) is 5.91 Å². The molecule has 0 spiro atoms. The summed E-state index contributed by atoms with van der Waals surface area (Å²) in [6.45, 7) is 5.02. The van der Waals surface area contributed by atoms with E-state index in [0.29, 0.717) is 31.5 Å². The van der Waals surface area contributed by atoms with Gasteiger partial charge in [-0.2, -0.15) is 0 Å². The number of carbonyl (C=O) groups excluding carboxylic acids is 3. The predicted molar refractivity (Wildman–Crippen MR) is 118 cm³/mol. The molecule has 0 radical (unpaired) electrons.